The zero-order valence-electron chi connectivity index (χ0n) is 19.1. The van der Waals surface area contributed by atoms with Gasteiger partial charge in [-0.05, 0) is 51.3 Å². The van der Waals surface area contributed by atoms with Crippen molar-refractivity contribution in [3.63, 3.8) is 0 Å². The molecule has 38 heavy (non-hydrogen) atoms. The van der Waals surface area contributed by atoms with Crippen molar-refractivity contribution in [1.29, 1.82) is 0 Å². The highest BCUT2D eigenvalue weighted by Gasteiger charge is 2.39. The van der Waals surface area contributed by atoms with E-state index in [0.29, 0.717) is 5.56 Å². The molecule has 1 amide bonds. The second-order valence-corrected chi connectivity index (χ2v) is 10.2. The highest BCUT2D eigenvalue weighted by molar-refractivity contribution is 9.10. The molecule has 2 atom stereocenters. The van der Waals surface area contributed by atoms with Crippen molar-refractivity contribution in [2.75, 3.05) is 20.3 Å². The lowest BCUT2D eigenvalue weighted by Gasteiger charge is -2.21. The molecule has 2 N–H and O–H groups in total. The van der Waals surface area contributed by atoms with Crippen LogP contribution in [0, 0.1) is 0 Å². The van der Waals surface area contributed by atoms with Crippen molar-refractivity contribution in [2.24, 2.45) is 0 Å². The lowest BCUT2D eigenvalue weighted by molar-refractivity contribution is -0.139. The average molecular weight is 687 g/mol. The van der Waals surface area contributed by atoms with E-state index in [0.717, 1.165) is 18.2 Å². The first-order valence-corrected chi connectivity index (χ1v) is 12.7. The number of ether oxygens (including phenoxy) is 1. The van der Waals surface area contributed by atoms with E-state index < -0.39 is 36.8 Å². The first-order valence-electron chi connectivity index (χ1n) is 10.4. The van der Waals surface area contributed by atoms with Crippen LogP contribution in [0.3, 0.4) is 0 Å². The first kappa shape index (κ1) is 32.6. The summed E-state index contributed by atoms with van der Waals surface area (Å²) in [6.07, 6.45) is -7.10. The van der Waals surface area contributed by atoms with E-state index >= 15 is 0 Å². The van der Waals surface area contributed by atoms with E-state index in [2.05, 4.69) is 21.2 Å². The minimum absolute atomic E-state index is 0.0607. The van der Waals surface area contributed by atoms with Gasteiger partial charge in [0, 0.05) is 11.6 Å². The third kappa shape index (κ3) is 9.56. The van der Waals surface area contributed by atoms with Gasteiger partial charge < -0.3 is 15.4 Å². The third-order valence-electron chi connectivity index (χ3n) is 4.86. The number of thiocarbonyl (C=S) groups is 1. The first-order chi connectivity index (χ1) is 17.5. The van der Waals surface area contributed by atoms with Crippen molar-refractivity contribution in [3.8, 4) is 0 Å². The van der Waals surface area contributed by atoms with Crippen molar-refractivity contribution < 1.29 is 35.9 Å². The van der Waals surface area contributed by atoms with Gasteiger partial charge in [-0.1, -0.05) is 65.2 Å². The summed E-state index contributed by atoms with van der Waals surface area (Å²) in [5.41, 5.74) is 0.151. The number of hydrogen-bond donors (Lipinski definition) is 2. The highest BCUT2D eigenvalue weighted by atomic mass is 79.9. The Morgan fingerprint density at radius 1 is 1.11 bits per heavy atom. The lowest BCUT2D eigenvalue weighted by atomic mass is 9.97. The van der Waals surface area contributed by atoms with Gasteiger partial charge in [-0.25, -0.2) is 0 Å². The summed E-state index contributed by atoms with van der Waals surface area (Å²) < 4.78 is 83.9. The van der Waals surface area contributed by atoms with Gasteiger partial charge in [0.05, 0.1) is 33.2 Å². The summed E-state index contributed by atoms with van der Waals surface area (Å²) >= 11 is 25.7. The number of benzene rings is 2. The van der Waals surface area contributed by atoms with Crippen LogP contribution in [-0.2, 0) is 4.74 Å². The Labute approximate surface area is 242 Å². The molecule has 0 saturated carbocycles. The van der Waals surface area contributed by atoms with Crippen LogP contribution < -0.4 is 10.6 Å². The number of halogens is 10. The van der Waals surface area contributed by atoms with Crippen LogP contribution in [0.15, 0.2) is 40.9 Å². The second kappa shape index (κ2) is 13.7. The molecule has 0 aliphatic rings. The van der Waals surface area contributed by atoms with Crippen LogP contribution in [0.1, 0.15) is 27.4 Å². The predicted molar refractivity (Wildman–Crippen MR) is 143 cm³/mol. The van der Waals surface area contributed by atoms with Gasteiger partial charge in [0.25, 0.3) is 5.91 Å². The normalized spacial score (nSPS) is 13.9. The summed E-state index contributed by atoms with van der Waals surface area (Å²) in [7, 11) is 1.28. The summed E-state index contributed by atoms with van der Waals surface area (Å²) in [6, 6.07) is 5.19. The van der Waals surface area contributed by atoms with E-state index in [4.69, 9.17) is 51.8 Å². The number of methoxy groups -OCH3 is 1. The van der Waals surface area contributed by atoms with Crippen molar-refractivity contribution in [3.05, 3.63) is 72.6 Å². The Morgan fingerprint density at radius 2 is 1.71 bits per heavy atom. The molecule has 0 heterocycles. The summed E-state index contributed by atoms with van der Waals surface area (Å²) in [6.45, 7) is -1.59. The maximum atomic E-state index is 13.8. The summed E-state index contributed by atoms with van der Waals surface area (Å²) in [5, 5.41) is 4.17. The van der Waals surface area contributed by atoms with Crippen LogP contribution in [0.4, 0.5) is 26.3 Å². The van der Waals surface area contributed by atoms with E-state index in [1.54, 1.807) is 0 Å². The molecule has 0 aromatic heterocycles. The SMILES string of the molecule is COCC(NC(=O)c1ccc(/C=C/C(c2cc(Cl)c(Cl)c(Cl)c2)C(F)(F)F)cc1Br)C(=S)NCC(F)(F)F. The van der Waals surface area contributed by atoms with Gasteiger partial charge in [-0.2, -0.15) is 26.3 Å². The van der Waals surface area contributed by atoms with Crippen LogP contribution in [0.5, 0.6) is 0 Å². The molecule has 2 unspecified atom stereocenters. The summed E-state index contributed by atoms with van der Waals surface area (Å²) in [5.74, 6) is -2.76. The smallest absolute Gasteiger partial charge is 0.382 e. The molecule has 0 bridgehead atoms. The van der Waals surface area contributed by atoms with Crippen molar-refractivity contribution in [1.82, 2.24) is 10.6 Å². The lowest BCUT2D eigenvalue weighted by Crippen LogP contribution is -2.50. The Hall–Kier alpha value is -1.57. The fourth-order valence-corrected chi connectivity index (χ4v) is 4.48. The quantitative estimate of drug-likeness (QED) is 0.160. The van der Waals surface area contributed by atoms with E-state index in [1.165, 1.54) is 31.4 Å². The monoisotopic (exact) mass is 684 g/mol. The zero-order chi connectivity index (χ0) is 28.8. The van der Waals surface area contributed by atoms with Gasteiger partial charge in [-0.15, -0.1) is 0 Å². The number of amides is 1. The molecule has 0 saturated heterocycles. The maximum absolute atomic E-state index is 13.8. The molecule has 2 aromatic rings. The topological polar surface area (TPSA) is 50.4 Å². The number of carbonyl (C=O) groups is 1. The minimum atomic E-state index is -4.68. The molecule has 0 radical (unpaired) electrons. The standard InChI is InChI=1S/C23H18BrCl3F6N2O2S/c1-37-9-18(21(38)34-10-22(28,29)30)35-20(36)13-4-2-11(6-15(13)24)3-5-14(23(31,32)33)12-7-16(25)19(27)17(26)8-12/h2-8,14,18H,9-10H2,1H3,(H,34,38)(H,35,36)/b5-3+. The number of hydrogen-bond acceptors (Lipinski definition) is 3. The predicted octanol–water partition coefficient (Wildman–Crippen LogP) is 7.99. The van der Waals surface area contributed by atoms with Gasteiger partial charge >= 0.3 is 12.4 Å². The summed E-state index contributed by atoms with van der Waals surface area (Å²) in [4.78, 5) is 12.4. The van der Waals surface area contributed by atoms with Crippen LogP contribution in [0.25, 0.3) is 6.08 Å². The van der Waals surface area contributed by atoms with Crippen LogP contribution in [-0.4, -0.2) is 49.6 Å². The third-order valence-corrected chi connectivity index (χ3v) is 7.14. The molecule has 208 valence electrons. The molecule has 0 fully saturated rings. The molecule has 0 aliphatic heterocycles. The number of nitrogens with one attached hydrogen (secondary N) is 2. The van der Waals surface area contributed by atoms with Gasteiger partial charge in [0.15, 0.2) is 0 Å². The van der Waals surface area contributed by atoms with E-state index in [9.17, 15) is 31.1 Å². The zero-order valence-corrected chi connectivity index (χ0v) is 23.8. The largest absolute Gasteiger partial charge is 0.405 e. The molecular formula is C23H18BrCl3F6N2O2S. The average Bonchev–Trinajstić information content (AvgIpc) is 2.79. The van der Waals surface area contributed by atoms with Crippen LogP contribution >= 0.6 is 63.0 Å². The highest BCUT2D eigenvalue weighted by Crippen LogP contribution is 2.41. The Balaban J connectivity index is 2.24. The second-order valence-electron chi connectivity index (χ2n) is 7.73. The van der Waals surface area contributed by atoms with Gasteiger partial charge in [-0.3, -0.25) is 4.79 Å². The number of alkyl halides is 6. The Kier molecular flexibility index (Phi) is 11.7. The molecular weight excluding hydrogens is 669 g/mol. The number of allylic oxidation sites excluding steroid dienone is 1. The van der Waals surface area contributed by atoms with Crippen LogP contribution in [0.2, 0.25) is 15.1 Å². The van der Waals surface area contributed by atoms with Gasteiger partial charge in [0.2, 0.25) is 0 Å². The fourth-order valence-electron chi connectivity index (χ4n) is 3.09. The van der Waals surface area contributed by atoms with E-state index in [-0.39, 0.29) is 42.3 Å². The molecule has 2 aromatic carbocycles. The Morgan fingerprint density at radius 3 is 2.21 bits per heavy atom. The molecule has 15 heteroatoms. The fraction of sp³-hybridized carbons (Fsp3) is 0.304. The molecule has 4 nitrogen and oxygen atoms in total. The molecule has 0 aliphatic carbocycles. The molecule has 0 spiro atoms. The minimum Gasteiger partial charge on any atom is -0.382 e. The van der Waals surface area contributed by atoms with Crippen molar-refractivity contribution in [2.45, 2.75) is 24.3 Å². The number of rotatable bonds is 9. The Bertz CT molecular complexity index is 1190. The van der Waals surface area contributed by atoms with Gasteiger partial charge in [0.1, 0.15) is 17.6 Å². The maximum Gasteiger partial charge on any atom is 0.405 e. The molecule has 2 rings (SSSR count). The number of carbonyl (C=O) groups excluding carboxylic acids is 1. The van der Waals surface area contributed by atoms with Crippen molar-refractivity contribution >= 4 is 79.9 Å². The van der Waals surface area contributed by atoms with E-state index in [1.807, 2.05) is 5.32 Å².